The summed E-state index contributed by atoms with van der Waals surface area (Å²) in [6.07, 6.45) is 1.93. The number of anilines is 1. The Balaban J connectivity index is 1.95. The van der Waals surface area contributed by atoms with E-state index < -0.39 is 5.69 Å². The van der Waals surface area contributed by atoms with Gasteiger partial charge in [0.25, 0.3) is 5.56 Å². The van der Waals surface area contributed by atoms with Crippen molar-refractivity contribution < 1.29 is 0 Å². The monoisotopic (exact) mass is 402 g/mol. The summed E-state index contributed by atoms with van der Waals surface area (Å²) in [5.74, 6) is 0.665. The van der Waals surface area contributed by atoms with Crippen LogP contribution >= 0.6 is 11.6 Å². The van der Waals surface area contributed by atoms with Crippen LogP contribution in [-0.2, 0) is 20.6 Å². The van der Waals surface area contributed by atoms with Crippen molar-refractivity contribution in [1.82, 2.24) is 18.7 Å². The van der Waals surface area contributed by atoms with Gasteiger partial charge in [-0.2, -0.15) is 4.98 Å². The van der Waals surface area contributed by atoms with Gasteiger partial charge in [-0.05, 0) is 30.5 Å². The second-order valence-electron chi connectivity index (χ2n) is 7.35. The van der Waals surface area contributed by atoms with Gasteiger partial charge in [0.05, 0.1) is 6.54 Å². The summed E-state index contributed by atoms with van der Waals surface area (Å²) in [5, 5.41) is 0.653. The van der Waals surface area contributed by atoms with E-state index in [2.05, 4.69) is 4.90 Å². The Hall–Kier alpha value is -2.58. The third-order valence-corrected chi connectivity index (χ3v) is 5.57. The van der Waals surface area contributed by atoms with Gasteiger partial charge in [-0.25, -0.2) is 4.79 Å². The number of fused-ring (bicyclic) bond motifs is 1. The molecule has 3 heterocycles. The molecule has 8 nitrogen and oxygen atoms in total. The van der Waals surface area contributed by atoms with E-state index in [1.165, 1.54) is 11.6 Å². The molecule has 28 heavy (non-hydrogen) atoms. The lowest BCUT2D eigenvalue weighted by Crippen LogP contribution is -2.44. The molecule has 4 rings (SSSR count). The molecule has 1 aliphatic rings. The van der Waals surface area contributed by atoms with Gasteiger partial charge in [-0.15, -0.1) is 0 Å². The summed E-state index contributed by atoms with van der Waals surface area (Å²) >= 11 is 6.01. The lowest BCUT2D eigenvalue weighted by molar-refractivity contribution is 0.495. The van der Waals surface area contributed by atoms with E-state index in [1.54, 1.807) is 7.05 Å². The smallest absolute Gasteiger partial charge is 0.332 e. The van der Waals surface area contributed by atoms with Crippen LogP contribution in [0.1, 0.15) is 18.4 Å². The SMILES string of the molecule is Cn1c(=O)c2c(nc(N3CCCC(N)C3)n2Cc2ccc(Cl)cc2)n(C)c1=O. The quantitative estimate of drug-likeness (QED) is 0.707. The van der Waals surface area contributed by atoms with Crippen LogP contribution in [0.2, 0.25) is 5.02 Å². The van der Waals surface area contributed by atoms with Crippen molar-refractivity contribution in [2.24, 2.45) is 19.8 Å². The van der Waals surface area contributed by atoms with Crippen LogP contribution < -0.4 is 21.9 Å². The lowest BCUT2D eigenvalue weighted by atomic mass is 10.1. The van der Waals surface area contributed by atoms with Crippen LogP contribution in [-0.4, -0.2) is 37.8 Å². The van der Waals surface area contributed by atoms with Crippen LogP contribution in [0, 0.1) is 0 Å². The third kappa shape index (κ3) is 3.12. The highest BCUT2D eigenvalue weighted by Gasteiger charge is 2.25. The summed E-state index contributed by atoms with van der Waals surface area (Å²) < 4.78 is 4.43. The second-order valence-corrected chi connectivity index (χ2v) is 7.79. The maximum atomic E-state index is 13.0. The van der Waals surface area contributed by atoms with Gasteiger partial charge in [0, 0.05) is 38.2 Å². The predicted octanol–water partition coefficient (Wildman–Crippen LogP) is 1.06. The van der Waals surface area contributed by atoms with Gasteiger partial charge in [0.2, 0.25) is 5.95 Å². The average molecular weight is 403 g/mol. The highest BCUT2D eigenvalue weighted by Crippen LogP contribution is 2.24. The van der Waals surface area contributed by atoms with E-state index in [0.29, 0.717) is 35.2 Å². The van der Waals surface area contributed by atoms with E-state index in [1.807, 2.05) is 28.8 Å². The molecule has 148 valence electrons. The molecule has 1 aliphatic heterocycles. The predicted molar refractivity (Wildman–Crippen MR) is 110 cm³/mol. The molecule has 1 atom stereocenters. The zero-order chi connectivity index (χ0) is 20.0. The highest BCUT2D eigenvalue weighted by molar-refractivity contribution is 6.30. The number of imidazole rings is 1. The Bertz CT molecular complexity index is 1140. The standard InChI is InChI=1S/C19H23ClN6O2/c1-23-16-15(17(27)24(2)19(23)28)26(10-12-5-7-13(20)8-6-12)18(22-16)25-9-3-4-14(21)11-25/h5-8,14H,3-4,9-11,21H2,1-2H3. The van der Waals surface area contributed by atoms with Gasteiger partial charge in [0.1, 0.15) is 0 Å². The maximum Gasteiger partial charge on any atom is 0.332 e. The minimum Gasteiger partial charge on any atom is -0.341 e. The van der Waals surface area contributed by atoms with Gasteiger partial charge >= 0.3 is 5.69 Å². The molecule has 1 aromatic carbocycles. The molecule has 3 aromatic rings. The summed E-state index contributed by atoms with van der Waals surface area (Å²) in [6.45, 7) is 1.92. The Kier molecular flexibility index (Phi) is 4.76. The summed E-state index contributed by atoms with van der Waals surface area (Å²) in [4.78, 5) is 32.1. The molecule has 1 saturated heterocycles. The number of hydrogen-bond donors (Lipinski definition) is 1. The summed E-state index contributed by atoms with van der Waals surface area (Å²) in [5.41, 5.74) is 7.21. The Labute approximate surface area is 166 Å². The molecule has 0 amide bonds. The number of rotatable bonds is 3. The molecule has 0 radical (unpaired) electrons. The van der Waals surface area contributed by atoms with Gasteiger partial charge in [-0.1, -0.05) is 23.7 Å². The zero-order valence-electron chi connectivity index (χ0n) is 15.9. The van der Waals surface area contributed by atoms with Crippen molar-refractivity contribution in [2.75, 3.05) is 18.0 Å². The van der Waals surface area contributed by atoms with Crippen LogP contribution in [0.3, 0.4) is 0 Å². The third-order valence-electron chi connectivity index (χ3n) is 5.32. The molecule has 0 saturated carbocycles. The van der Waals surface area contributed by atoms with Crippen LogP contribution in [0.15, 0.2) is 33.9 Å². The minimum absolute atomic E-state index is 0.0594. The van der Waals surface area contributed by atoms with Gasteiger partial charge in [-0.3, -0.25) is 18.5 Å². The molecular weight excluding hydrogens is 380 g/mol. The Morgan fingerprint density at radius 3 is 2.57 bits per heavy atom. The van der Waals surface area contributed by atoms with Crippen LogP contribution in [0.25, 0.3) is 11.2 Å². The fraction of sp³-hybridized carbons (Fsp3) is 0.421. The number of nitrogens with two attached hydrogens (primary N) is 1. The van der Waals surface area contributed by atoms with Crippen molar-refractivity contribution in [3.8, 4) is 0 Å². The van der Waals surface area contributed by atoms with Crippen molar-refractivity contribution >= 4 is 28.7 Å². The molecular formula is C19H23ClN6O2. The van der Waals surface area contributed by atoms with Crippen molar-refractivity contribution in [2.45, 2.75) is 25.4 Å². The first-order valence-corrected chi connectivity index (χ1v) is 9.66. The number of aromatic nitrogens is 4. The number of aryl methyl sites for hydroxylation is 1. The van der Waals surface area contributed by atoms with Crippen LogP contribution in [0.5, 0.6) is 0 Å². The van der Waals surface area contributed by atoms with E-state index in [4.69, 9.17) is 22.3 Å². The van der Waals surface area contributed by atoms with Crippen molar-refractivity contribution in [1.29, 1.82) is 0 Å². The van der Waals surface area contributed by atoms with E-state index in [-0.39, 0.29) is 11.6 Å². The van der Waals surface area contributed by atoms with Crippen molar-refractivity contribution in [3.63, 3.8) is 0 Å². The number of nitrogens with zero attached hydrogens (tertiary/aromatic N) is 5. The molecule has 2 N–H and O–H groups in total. The van der Waals surface area contributed by atoms with E-state index >= 15 is 0 Å². The largest absolute Gasteiger partial charge is 0.341 e. The first-order valence-electron chi connectivity index (χ1n) is 9.28. The molecule has 0 bridgehead atoms. The van der Waals surface area contributed by atoms with Gasteiger partial charge < -0.3 is 10.6 Å². The first-order chi connectivity index (χ1) is 13.4. The zero-order valence-corrected chi connectivity index (χ0v) is 16.7. The van der Waals surface area contributed by atoms with Gasteiger partial charge in [0.15, 0.2) is 11.2 Å². The number of piperidine rings is 1. The van der Waals surface area contributed by atoms with Crippen LogP contribution in [0.4, 0.5) is 5.95 Å². The molecule has 1 fully saturated rings. The molecule has 0 aliphatic carbocycles. The summed E-state index contributed by atoms with van der Waals surface area (Å²) in [6, 6.07) is 7.54. The topological polar surface area (TPSA) is 91.1 Å². The highest BCUT2D eigenvalue weighted by atomic mass is 35.5. The molecule has 1 unspecified atom stereocenters. The maximum absolute atomic E-state index is 13.0. The average Bonchev–Trinajstić information content (AvgIpc) is 3.06. The molecule has 9 heteroatoms. The molecule has 0 spiro atoms. The molecule has 2 aromatic heterocycles. The fourth-order valence-electron chi connectivity index (χ4n) is 3.79. The minimum atomic E-state index is -0.393. The first kappa shape index (κ1) is 18.8. The number of hydrogen-bond acceptors (Lipinski definition) is 5. The normalized spacial score (nSPS) is 17.4. The fourth-order valence-corrected chi connectivity index (χ4v) is 3.92. The number of halogens is 1. The summed E-state index contributed by atoms with van der Waals surface area (Å²) in [7, 11) is 3.12. The van der Waals surface area contributed by atoms with E-state index in [0.717, 1.165) is 29.5 Å². The van der Waals surface area contributed by atoms with E-state index in [9.17, 15) is 9.59 Å². The number of benzene rings is 1. The Morgan fingerprint density at radius 2 is 1.89 bits per heavy atom. The van der Waals surface area contributed by atoms with Crippen molar-refractivity contribution in [3.05, 3.63) is 55.7 Å². The second kappa shape index (κ2) is 7.10. The lowest BCUT2D eigenvalue weighted by Gasteiger charge is -2.31. The Morgan fingerprint density at radius 1 is 1.18 bits per heavy atom.